The largest absolute Gasteiger partial charge is 0.383 e. The lowest BCUT2D eigenvalue weighted by molar-refractivity contribution is 0.0984. The van der Waals surface area contributed by atoms with Gasteiger partial charge in [0, 0.05) is 28.8 Å². The van der Waals surface area contributed by atoms with Crippen LogP contribution in [0.2, 0.25) is 0 Å². The maximum Gasteiger partial charge on any atom is 0.260 e. The Kier molecular flexibility index (Phi) is 5.35. The number of hydrogen-bond acceptors (Lipinski definition) is 7. The minimum Gasteiger partial charge on any atom is -0.383 e. The fourth-order valence-electron chi connectivity index (χ4n) is 4.77. The maximum atomic E-state index is 13.7. The van der Waals surface area contributed by atoms with Crippen molar-refractivity contribution in [2.24, 2.45) is 0 Å². The van der Waals surface area contributed by atoms with E-state index in [9.17, 15) is 4.79 Å². The second kappa shape index (κ2) is 8.70. The van der Waals surface area contributed by atoms with Gasteiger partial charge < -0.3 is 15.4 Å². The summed E-state index contributed by atoms with van der Waals surface area (Å²) in [4.78, 5) is 28.9. The molecule has 1 aromatic carbocycles. The number of nitrogens with zero attached hydrogens (tertiary/aromatic N) is 5. The Morgan fingerprint density at radius 3 is 2.69 bits per heavy atom. The van der Waals surface area contributed by atoms with Gasteiger partial charge in [0.2, 0.25) is 0 Å². The zero-order chi connectivity index (χ0) is 24.8. The lowest BCUT2D eigenvalue weighted by Gasteiger charge is -2.25. The van der Waals surface area contributed by atoms with Crippen molar-refractivity contribution in [3.63, 3.8) is 0 Å². The Labute approximate surface area is 208 Å². The van der Waals surface area contributed by atoms with E-state index >= 15 is 0 Å². The predicted octanol–water partition coefficient (Wildman–Crippen LogP) is 4.54. The number of aryl methyl sites for hydroxylation is 1. The van der Waals surface area contributed by atoms with E-state index in [0.29, 0.717) is 37.1 Å². The molecule has 6 rings (SSSR count). The summed E-state index contributed by atoms with van der Waals surface area (Å²) < 4.78 is 5.59. The molecule has 3 aromatic heterocycles. The number of carbonyl (C=O) groups is 1. The van der Waals surface area contributed by atoms with Gasteiger partial charge in [0.25, 0.3) is 5.91 Å². The molecule has 1 aliphatic heterocycles. The van der Waals surface area contributed by atoms with Crippen LogP contribution in [0.15, 0.2) is 48.7 Å². The lowest BCUT2D eigenvalue weighted by Crippen LogP contribution is -2.31. The summed E-state index contributed by atoms with van der Waals surface area (Å²) in [5.74, 6) is 0.790. The Balaban J connectivity index is 1.40. The van der Waals surface area contributed by atoms with Gasteiger partial charge in [-0.15, -0.1) is 0 Å². The smallest absolute Gasteiger partial charge is 0.260 e. The van der Waals surface area contributed by atoms with Gasteiger partial charge in [-0.3, -0.25) is 9.78 Å². The van der Waals surface area contributed by atoms with Gasteiger partial charge >= 0.3 is 0 Å². The summed E-state index contributed by atoms with van der Waals surface area (Å²) in [7, 11) is 0. The number of anilines is 2. The average molecular weight is 477 g/mol. The number of ether oxygens (including phenoxy) is 1. The van der Waals surface area contributed by atoms with Crippen LogP contribution in [0.25, 0.3) is 10.9 Å². The molecule has 2 aliphatic rings. The van der Waals surface area contributed by atoms with Gasteiger partial charge in [-0.25, -0.2) is 9.97 Å². The second-order valence-electron chi connectivity index (χ2n) is 9.35. The number of hydrogen-bond donors (Lipinski definition) is 1. The molecule has 0 unspecified atom stereocenters. The van der Waals surface area contributed by atoms with Crippen molar-refractivity contribution in [3.05, 3.63) is 88.0 Å². The van der Waals surface area contributed by atoms with Crippen molar-refractivity contribution >= 4 is 28.3 Å². The summed E-state index contributed by atoms with van der Waals surface area (Å²) in [6.45, 7) is 3.25. The third-order valence-corrected chi connectivity index (χ3v) is 6.87. The van der Waals surface area contributed by atoms with Gasteiger partial charge in [-0.1, -0.05) is 12.1 Å². The standard InChI is InChI=1S/C28H24N6O2/c1-16-26(9-8-24(32-16)18-3-4-18)34(28(35)19-5-6-20(11-29)31-12-19)13-17-2-7-21-22-14-36-15-23(22)27(30)33-25(21)10-17/h2,5-10,12,18H,3-4,13-15H2,1H3,(H2,30,33). The Morgan fingerprint density at radius 2 is 1.97 bits per heavy atom. The van der Waals surface area contributed by atoms with E-state index in [1.54, 1.807) is 17.0 Å². The highest BCUT2D eigenvalue weighted by molar-refractivity contribution is 6.06. The normalized spacial score (nSPS) is 14.4. The van der Waals surface area contributed by atoms with Crippen molar-refractivity contribution in [1.29, 1.82) is 5.26 Å². The van der Waals surface area contributed by atoms with E-state index in [1.165, 1.54) is 6.20 Å². The molecule has 0 bridgehead atoms. The molecule has 1 fully saturated rings. The number of benzene rings is 1. The molecule has 178 valence electrons. The molecule has 0 spiro atoms. The number of aromatic nitrogens is 3. The van der Waals surface area contributed by atoms with Crippen LogP contribution in [0.4, 0.5) is 11.5 Å². The molecule has 1 aliphatic carbocycles. The van der Waals surface area contributed by atoms with Crippen LogP contribution in [0, 0.1) is 18.3 Å². The Hall–Kier alpha value is -4.35. The van der Waals surface area contributed by atoms with Crippen molar-refractivity contribution < 1.29 is 9.53 Å². The van der Waals surface area contributed by atoms with Gasteiger partial charge in [-0.05, 0) is 61.2 Å². The molecule has 4 aromatic rings. The number of fused-ring (bicyclic) bond motifs is 3. The van der Waals surface area contributed by atoms with Gasteiger partial charge in [-0.2, -0.15) is 5.26 Å². The highest BCUT2D eigenvalue weighted by Gasteiger charge is 2.27. The zero-order valence-corrected chi connectivity index (χ0v) is 19.9. The second-order valence-corrected chi connectivity index (χ2v) is 9.35. The van der Waals surface area contributed by atoms with Crippen molar-refractivity contribution in [2.45, 2.75) is 45.4 Å². The molecule has 8 heteroatoms. The van der Waals surface area contributed by atoms with Crippen molar-refractivity contribution in [2.75, 3.05) is 10.6 Å². The molecular weight excluding hydrogens is 452 g/mol. The maximum absolute atomic E-state index is 13.7. The molecule has 8 nitrogen and oxygen atoms in total. The molecule has 4 heterocycles. The monoisotopic (exact) mass is 476 g/mol. The number of rotatable bonds is 5. The summed E-state index contributed by atoms with van der Waals surface area (Å²) in [6.07, 6.45) is 3.77. The first-order valence-electron chi connectivity index (χ1n) is 11.9. The van der Waals surface area contributed by atoms with Crippen LogP contribution in [0.3, 0.4) is 0 Å². The lowest BCUT2D eigenvalue weighted by atomic mass is 10.0. The number of amides is 1. The molecule has 0 atom stereocenters. The van der Waals surface area contributed by atoms with Crippen LogP contribution in [0.5, 0.6) is 0 Å². The topological polar surface area (TPSA) is 118 Å². The van der Waals surface area contributed by atoms with E-state index < -0.39 is 0 Å². The quantitative estimate of drug-likeness (QED) is 0.449. The fourth-order valence-corrected chi connectivity index (χ4v) is 4.77. The van der Waals surface area contributed by atoms with Crippen molar-refractivity contribution in [3.8, 4) is 6.07 Å². The van der Waals surface area contributed by atoms with E-state index in [1.807, 2.05) is 43.3 Å². The Bertz CT molecular complexity index is 1550. The Morgan fingerprint density at radius 1 is 1.14 bits per heavy atom. The van der Waals surface area contributed by atoms with Crippen LogP contribution < -0.4 is 10.6 Å². The van der Waals surface area contributed by atoms with E-state index in [0.717, 1.165) is 57.5 Å². The summed E-state index contributed by atoms with van der Waals surface area (Å²) in [5, 5.41) is 10.1. The van der Waals surface area contributed by atoms with Crippen LogP contribution in [-0.4, -0.2) is 20.9 Å². The molecule has 0 saturated heterocycles. The van der Waals surface area contributed by atoms with Gasteiger partial charge in [0.15, 0.2) is 0 Å². The molecule has 0 radical (unpaired) electrons. The minimum absolute atomic E-state index is 0.217. The zero-order valence-electron chi connectivity index (χ0n) is 19.9. The molecular formula is C28H24N6O2. The summed E-state index contributed by atoms with van der Waals surface area (Å²) in [5.41, 5.74) is 13.2. The van der Waals surface area contributed by atoms with E-state index in [2.05, 4.69) is 9.97 Å². The number of pyridine rings is 3. The summed E-state index contributed by atoms with van der Waals surface area (Å²) in [6, 6.07) is 15.2. The first-order chi connectivity index (χ1) is 17.5. The molecule has 36 heavy (non-hydrogen) atoms. The summed E-state index contributed by atoms with van der Waals surface area (Å²) >= 11 is 0. The highest BCUT2D eigenvalue weighted by Crippen LogP contribution is 2.40. The third kappa shape index (κ3) is 3.93. The number of carbonyl (C=O) groups excluding carboxylic acids is 1. The SMILES string of the molecule is Cc1nc(C2CC2)ccc1N(Cc1ccc2c3c(c(N)nc2c1)COC3)C(=O)c1ccc(C#N)nc1. The molecule has 1 amide bonds. The fraction of sp³-hybridized carbons (Fsp3) is 0.250. The number of nitriles is 1. The minimum atomic E-state index is -0.217. The van der Waals surface area contributed by atoms with Gasteiger partial charge in [0.05, 0.1) is 42.2 Å². The third-order valence-electron chi connectivity index (χ3n) is 6.87. The average Bonchev–Trinajstić information content (AvgIpc) is 3.63. The van der Waals surface area contributed by atoms with Crippen LogP contribution in [0.1, 0.15) is 62.9 Å². The number of nitrogen functional groups attached to an aromatic ring is 1. The van der Waals surface area contributed by atoms with Crippen molar-refractivity contribution in [1.82, 2.24) is 15.0 Å². The van der Waals surface area contributed by atoms with Crippen LogP contribution in [-0.2, 0) is 24.5 Å². The number of nitrogens with two attached hydrogens (primary N) is 1. The van der Waals surface area contributed by atoms with Crippen LogP contribution >= 0.6 is 0 Å². The highest BCUT2D eigenvalue weighted by atomic mass is 16.5. The van der Waals surface area contributed by atoms with Gasteiger partial charge in [0.1, 0.15) is 17.6 Å². The first kappa shape index (κ1) is 22.1. The van der Waals surface area contributed by atoms with E-state index in [4.69, 9.17) is 20.7 Å². The van der Waals surface area contributed by atoms with E-state index in [-0.39, 0.29) is 11.6 Å². The first-order valence-corrected chi connectivity index (χ1v) is 11.9. The molecule has 1 saturated carbocycles. The predicted molar refractivity (Wildman–Crippen MR) is 135 cm³/mol. The molecule has 2 N–H and O–H groups in total.